The Balaban J connectivity index is 0.000000351. The molecule has 4 heteroatoms. The predicted octanol–water partition coefficient (Wildman–Crippen LogP) is 7.90. The van der Waals surface area contributed by atoms with Gasteiger partial charge in [-0.2, -0.15) is 0 Å². The zero-order valence-electron chi connectivity index (χ0n) is 24.1. The van der Waals surface area contributed by atoms with Crippen LogP contribution >= 0.6 is 0 Å². The number of carbonyl (C=O) groups excluding carboxylic acids is 2. The van der Waals surface area contributed by atoms with E-state index in [-0.39, 0.29) is 21.7 Å². The van der Waals surface area contributed by atoms with Gasteiger partial charge in [0.15, 0.2) is 0 Å². The molecule has 0 fully saturated rings. The summed E-state index contributed by atoms with van der Waals surface area (Å²) in [5.41, 5.74) is 4.70. The van der Waals surface area contributed by atoms with Crippen LogP contribution in [0.1, 0.15) is 126 Å². The van der Waals surface area contributed by atoms with Gasteiger partial charge in [0.1, 0.15) is 24.1 Å². The first kappa shape index (κ1) is 30.4. The maximum Gasteiger partial charge on any atom is 0.150 e. The molecule has 0 radical (unpaired) electrons. The van der Waals surface area contributed by atoms with Gasteiger partial charge in [0, 0.05) is 33.4 Å². The SMILES string of the molecule is CC(C)(C)c1cc(C=O)cc(C(C)(C)C)c1O.COc1c(C(C)(C)C)cc(C=O)cc1C(C)(C)C. The third-order valence-electron chi connectivity index (χ3n) is 5.95. The van der Waals surface area contributed by atoms with Crippen LogP contribution in [-0.2, 0) is 21.7 Å². The number of hydrogen-bond donors (Lipinski definition) is 1. The van der Waals surface area contributed by atoms with Gasteiger partial charge in [-0.3, -0.25) is 9.59 Å². The first-order chi connectivity index (χ1) is 15.7. The van der Waals surface area contributed by atoms with Gasteiger partial charge in [0.2, 0.25) is 0 Å². The van der Waals surface area contributed by atoms with Gasteiger partial charge in [-0.05, 0) is 45.9 Å². The average molecular weight is 483 g/mol. The first-order valence-electron chi connectivity index (χ1n) is 12.2. The highest BCUT2D eigenvalue weighted by Crippen LogP contribution is 2.41. The van der Waals surface area contributed by atoms with Crippen molar-refractivity contribution in [3.05, 3.63) is 57.6 Å². The lowest BCUT2D eigenvalue weighted by Gasteiger charge is -2.29. The second-order valence-corrected chi connectivity index (χ2v) is 13.3. The Kier molecular flexibility index (Phi) is 9.17. The Morgan fingerprint density at radius 3 is 1.03 bits per heavy atom. The summed E-state index contributed by atoms with van der Waals surface area (Å²) in [6.07, 6.45) is 1.74. The molecule has 4 nitrogen and oxygen atoms in total. The van der Waals surface area contributed by atoms with E-state index in [1.807, 2.05) is 53.7 Å². The van der Waals surface area contributed by atoms with Crippen molar-refractivity contribution < 1.29 is 19.4 Å². The van der Waals surface area contributed by atoms with Crippen LogP contribution in [0.3, 0.4) is 0 Å². The van der Waals surface area contributed by atoms with E-state index in [4.69, 9.17) is 4.74 Å². The largest absolute Gasteiger partial charge is 0.507 e. The number of hydrogen-bond acceptors (Lipinski definition) is 4. The molecule has 0 spiro atoms. The Labute approximate surface area is 213 Å². The number of benzene rings is 2. The van der Waals surface area contributed by atoms with Crippen molar-refractivity contribution in [2.75, 3.05) is 7.11 Å². The number of ether oxygens (including phenoxy) is 1. The molecular weight excluding hydrogens is 436 g/mol. The summed E-state index contributed by atoms with van der Waals surface area (Å²) in [6, 6.07) is 7.41. The summed E-state index contributed by atoms with van der Waals surface area (Å²) in [5.74, 6) is 1.22. The molecule has 1 N–H and O–H groups in total. The van der Waals surface area contributed by atoms with Crippen LogP contribution in [0.4, 0.5) is 0 Å². The summed E-state index contributed by atoms with van der Waals surface area (Å²) in [4.78, 5) is 22.1. The third-order valence-corrected chi connectivity index (χ3v) is 5.95. The fourth-order valence-corrected chi connectivity index (χ4v) is 3.92. The Morgan fingerprint density at radius 2 is 0.829 bits per heavy atom. The molecule has 194 valence electrons. The second kappa shape index (κ2) is 10.6. The van der Waals surface area contributed by atoms with Crippen LogP contribution in [0.5, 0.6) is 11.5 Å². The lowest BCUT2D eigenvalue weighted by atomic mass is 9.78. The number of aldehydes is 2. The number of aromatic hydroxyl groups is 1. The normalized spacial score (nSPS) is 12.5. The lowest BCUT2D eigenvalue weighted by Crippen LogP contribution is -2.19. The molecule has 0 aliphatic carbocycles. The average Bonchev–Trinajstić information content (AvgIpc) is 2.70. The van der Waals surface area contributed by atoms with Gasteiger partial charge < -0.3 is 9.84 Å². The molecule has 2 rings (SSSR count). The zero-order chi connectivity index (χ0) is 27.6. The molecule has 0 aromatic heterocycles. The van der Waals surface area contributed by atoms with E-state index in [1.54, 1.807) is 19.2 Å². The quantitative estimate of drug-likeness (QED) is 0.452. The van der Waals surface area contributed by atoms with E-state index in [2.05, 4.69) is 41.5 Å². The minimum Gasteiger partial charge on any atom is -0.507 e. The number of phenols is 1. The second-order valence-electron chi connectivity index (χ2n) is 13.3. The van der Waals surface area contributed by atoms with E-state index >= 15 is 0 Å². The van der Waals surface area contributed by atoms with Gasteiger partial charge in [-0.1, -0.05) is 83.1 Å². The number of phenolic OH excluding ortho intramolecular Hbond substituents is 1. The monoisotopic (exact) mass is 482 g/mol. The Morgan fingerprint density at radius 1 is 0.571 bits per heavy atom. The molecule has 2 aromatic carbocycles. The molecule has 0 saturated heterocycles. The molecule has 0 aliphatic rings. The van der Waals surface area contributed by atoms with Crippen LogP contribution < -0.4 is 4.74 Å². The van der Waals surface area contributed by atoms with Crippen LogP contribution in [0.25, 0.3) is 0 Å². The number of methoxy groups -OCH3 is 1. The summed E-state index contributed by atoms with van der Waals surface area (Å²) in [7, 11) is 1.69. The first-order valence-corrected chi connectivity index (χ1v) is 12.2. The van der Waals surface area contributed by atoms with E-state index in [1.165, 1.54) is 0 Å². The molecule has 0 saturated carbocycles. The highest BCUT2D eigenvalue weighted by atomic mass is 16.5. The van der Waals surface area contributed by atoms with Crippen LogP contribution in [-0.4, -0.2) is 24.8 Å². The van der Waals surface area contributed by atoms with Crippen LogP contribution in [0, 0.1) is 0 Å². The van der Waals surface area contributed by atoms with Crippen LogP contribution in [0.2, 0.25) is 0 Å². The molecule has 0 atom stereocenters. The van der Waals surface area contributed by atoms with E-state index in [0.717, 1.165) is 40.6 Å². The molecule has 0 unspecified atom stereocenters. The highest BCUT2D eigenvalue weighted by Gasteiger charge is 2.28. The van der Waals surface area contributed by atoms with Crippen molar-refractivity contribution in [3.8, 4) is 11.5 Å². The fraction of sp³-hybridized carbons (Fsp3) is 0.548. The van der Waals surface area contributed by atoms with E-state index in [0.29, 0.717) is 16.9 Å². The Bertz CT molecular complexity index is 979. The summed E-state index contributed by atoms with van der Waals surface area (Å²) in [5, 5.41) is 10.4. The van der Waals surface area contributed by atoms with Gasteiger partial charge >= 0.3 is 0 Å². The molecule has 0 amide bonds. The summed E-state index contributed by atoms with van der Waals surface area (Å²) < 4.78 is 5.61. The highest BCUT2D eigenvalue weighted by molar-refractivity contribution is 5.78. The molecule has 0 heterocycles. The summed E-state index contributed by atoms with van der Waals surface area (Å²) in [6.45, 7) is 25.0. The fourth-order valence-electron chi connectivity index (χ4n) is 3.92. The minimum atomic E-state index is -0.177. The predicted molar refractivity (Wildman–Crippen MR) is 147 cm³/mol. The molecular formula is C31H46O4. The van der Waals surface area contributed by atoms with Crippen molar-refractivity contribution in [2.45, 2.75) is 105 Å². The minimum absolute atomic E-state index is 0.0512. The third kappa shape index (κ3) is 7.68. The van der Waals surface area contributed by atoms with Crippen molar-refractivity contribution in [2.24, 2.45) is 0 Å². The molecule has 35 heavy (non-hydrogen) atoms. The topological polar surface area (TPSA) is 63.6 Å². The van der Waals surface area contributed by atoms with Crippen molar-refractivity contribution >= 4 is 12.6 Å². The molecule has 0 bridgehead atoms. The van der Waals surface area contributed by atoms with Crippen molar-refractivity contribution in [3.63, 3.8) is 0 Å². The number of carbonyl (C=O) groups is 2. The maximum absolute atomic E-state index is 11.1. The van der Waals surface area contributed by atoms with E-state index in [9.17, 15) is 14.7 Å². The maximum atomic E-state index is 11.1. The van der Waals surface area contributed by atoms with Gasteiger partial charge in [0.25, 0.3) is 0 Å². The summed E-state index contributed by atoms with van der Waals surface area (Å²) >= 11 is 0. The smallest absolute Gasteiger partial charge is 0.150 e. The van der Waals surface area contributed by atoms with Crippen molar-refractivity contribution in [1.29, 1.82) is 0 Å². The van der Waals surface area contributed by atoms with Gasteiger partial charge in [-0.25, -0.2) is 0 Å². The molecule has 0 aliphatic heterocycles. The lowest BCUT2D eigenvalue weighted by molar-refractivity contribution is 0.111. The van der Waals surface area contributed by atoms with Gasteiger partial charge in [0.05, 0.1) is 7.11 Å². The Hall–Kier alpha value is -2.62. The van der Waals surface area contributed by atoms with Crippen LogP contribution in [0.15, 0.2) is 24.3 Å². The zero-order valence-corrected chi connectivity index (χ0v) is 24.1. The van der Waals surface area contributed by atoms with Gasteiger partial charge in [-0.15, -0.1) is 0 Å². The van der Waals surface area contributed by atoms with Crippen molar-refractivity contribution in [1.82, 2.24) is 0 Å². The molecule has 2 aromatic rings. The number of rotatable bonds is 3. The van der Waals surface area contributed by atoms with E-state index < -0.39 is 0 Å². The standard InChI is InChI=1S/C16H24O2.C15H22O2/c1-15(2,3)12-8-11(10-17)9-13(14(12)18-7)16(4,5)6;1-14(2,3)11-7-10(9-16)8-12(13(11)17)15(4,5)6/h8-10H,1-7H3;7-9,17H,1-6H3.